The van der Waals surface area contributed by atoms with Crippen molar-refractivity contribution in [1.82, 2.24) is 0 Å². The first kappa shape index (κ1) is 16.3. The average molecular weight is 402 g/mol. The van der Waals surface area contributed by atoms with Crippen LogP contribution in [-0.4, -0.2) is 13.7 Å². The first-order valence-electron chi connectivity index (χ1n) is 6.74. The lowest BCUT2D eigenvalue weighted by Crippen LogP contribution is -2.15. The maximum Gasteiger partial charge on any atom is 0.291 e. The summed E-state index contributed by atoms with van der Waals surface area (Å²) in [7, 11) is 1.50. The maximum absolute atomic E-state index is 12.2. The van der Waals surface area contributed by atoms with Crippen LogP contribution in [0.4, 0.5) is 0 Å². The van der Waals surface area contributed by atoms with Crippen molar-refractivity contribution >= 4 is 22.6 Å². The lowest BCUT2D eigenvalue weighted by molar-refractivity contribution is 0.0880. The monoisotopic (exact) mass is 402 g/mol. The Morgan fingerprint density at radius 1 is 1.38 bits per heavy atom. The lowest BCUT2D eigenvalue weighted by Gasteiger charge is -2.13. The standard InChI is InChI=1S/C16H19IO4/c1-9(7-17)5-12-6-13(20-8-12)15-10(2)14(18)11(3)16(19-4)21-15/h5,7,13H,6,8H2,1-4H3/b9-7+,12-5-. The van der Waals surface area contributed by atoms with Gasteiger partial charge in [0.05, 0.1) is 19.3 Å². The van der Waals surface area contributed by atoms with Gasteiger partial charge >= 0.3 is 0 Å². The Morgan fingerprint density at radius 3 is 2.71 bits per heavy atom. The van der Waals surface area contributed by atoms with Gasteiger partial charge < -0.3 is 13.9 Å². The van der Waals surface area contributed by atoms with Gasteiger partial charge in [-0.15, -0.1) is 0 Å². The smallest absolute Gasteiger partial charge is 0.291 e. The molecule has 1 aromatic heterocycles. The van der Waals surface area contributed by atoms with Gasteiger partial charge in [0, 0.05) is 12.0 Å². The number of hydrogen-bond donors (Lipinski definition) is 0. The van der Waals surface area contributed by atoms with Crippen molar-refractivity contribution in [1.29, 1.82) is 0 Å². The summed E-state index contributed by atoms with van der Waals surface area (Å²) in [4.78, 5) is 12.2. The molecule has 0 N–H and O–H groups in total. The van der Waals surface area contributed by atoms with Crippen molar-refractivity contribution < 1.29 is 13.9 Å². The number of rotatable bonds is 3. The van der Waals surface area contributed by atoms with E-state index in [1.54, 1.807) is 13.8 Å². The van der Waals surface area contributed by atoms with Crippen LogP contribution in [-0.2, 0) is 4.74 Å². The molecule has 1 aliphatic rings. The number of ether oxygens (including phenoxy) is 2. The highest BCUT2D eigenvalue weighted by Crippen LogP contribution is 2.35. The predicted molar refractivity (Wildman–Crippen MR) is 90.2 cm³/mol. The second kappa shape index (κ2) is 6.79. The normalized spacial score (nSPS) is 21.1. The number of halogens is 1. The van der Waals surface area contributed by atoms with E-state index in [4.69, 9.17) is 13.9 Å². The minimum Gasteiger partial charge on any atom is -0.468 e. The highest BCUT2D eigenvalue weighted by molar-refractivity contribution is 14.1. The third-order valence-electron chi connectivity index (χ3n) is 3.56. The summed E-state index contributed by atoms with van der Waals surface area (Å²) >= 11 is 2.22. The van der Waals surface area contributed by atoms with Crippen LogP contribution in [0.3, 0.4) is 0 Å². The van der Waals surface area contributed by atoms with E-state index in [1.807, 2.05) is 11.0 Å². The molecule has 0 aliphatic carbocycles. The molecular weight excluding hydrogens is 383 g/mol. The Kier molecular flexibility index (Phi) is 5.27. The average Bonchev–Trinajstić information content (AvgIpc) is 2.93. The summed E-state index contributed by atoms with van der Waals surface area (Å²) in [6.07, 6.45) is 2.63. The Morgan fingerprint density at radius 2 is 2.10 bits per heavy atom. The molecule has 5 heteroatoms. The van der Waals surface area contributed by atoms with E-state index >= 15 is 0 Å². The molecular formula is C16H19IO4. The van der Waals surface area contributed by atoms with Crippen LogP contribution in [0.25, 0.3) is 0 Å². The van der Waals surface area contributed by atoms with Gasteiger partial charge in [-0.25, -0.2) is 0 Å². The predicted octanol–water partition coefficient (Wildman–Crippen LogP) is 3.99. The summed E-state index contributed by atoms with van der Waals surface area (Å²) < 4.78 is 18.7. The van der Waals surface area contributed by atoms with E-state index in [1.165, 1.54) is 18.3 Å². The number of allylic oxidation sites excluding steroid dienone is 2. The van der Waals surface area contributed by atoms with E-state index in [9.17, 15) is 4.79 Å². The highest BCUT2D eigenvalue weighted by atomic mass is 127. The molecule has 0 amide bonds. The molecule has 1 fully saturated rings. The molecule has 1 aromatic rings. The largest absolute Gasteiger partial charge is 0.468 e. The van der Waals surface area contributed by atoms with Gasteiger partial charge in [-0.3, -0.25) is 4.79 Å². The Balaban J connectivity index is 2.35. The Hall–Kier alpha value is -1.08. The fraction of sp³-hybridized carbons (Fsp3) is 0.438. The van der Waals surface area contributed by atoms with Crippen molar-refractivity contribution in [3.63, 3.8) is 0 Å². The van der Waals surface area contributed by atoms with Crippen molar-refractivity contribution in [3.8, 4) is 5.95 Å². The molecule has 2 rings (SSSR count). The SMILES string of the molecule is COc1oc(C2C/C(=C/C(C)=C/I)CO2)c(C)c(=O)c1C. The zero-order chi connectivity index (χ0) is 15.6. The van der Waals surface area contributed by atoms with Gasteiger partial charge in [0.2, 0.25) is 0 Å². The molecule has 0 saturated carbocycles. The molecule has 21 heavy (non-hydrogen) atoms. The second-order valence-corrected chi connectivity index (χ2v) is 5.82. The molecule has 4 nitrogen and oxygen atoms in total. The van der Waals surface area contributed by atoms with Crippen LogP contribution in [0.15, 0.2) is 30.5 Å². The topological polar surface area (TPSA) is 48.7 Å². The molecule has 1 atom stereocenters. The Bertz CT molecular complexity index is 655. The van der Waals surface area contributed by atoms with E-state index in [0.29, 0.717) is 23.5 Å². The molecule has 0 spiro atoms. The molecule has 1 saturated heterocycles. The third-order valence-corrected chi connectivity index (χ3v) is 4.54. The first-order valence-corrected chi connectivity index (χ1v) is 7.98. The van der Waals surface area contributed by atoms with Crippen molar-refractivity contribution in [2.45, 2.75) is 33.3 Å². The minimum atomic E-state index is -0.222. The van der Waals surface area contributed by atoms with Crippen molar-refractivity contribution in [2.24, 2.45) is 0 Å². The zero-order valence-electron chi connectivity index (χ0n) is 12.7. The van der Waals surface area contributed by atoms with Gasteiger partial charge in [0.1, 0.15) is 11.9 Å². The van der Waals surface area contributed by atoms with Crippen molar-refractivity contribution in [2.75, 3.05) is 13.7 Å². The summed E-state index contributed by atoms with van der Waals surface area (Å²) in [6.45, 7) is 6.09. The summed E-state index contributed by atoms with van der Waals surface area (Å²) in [6, 6.07) is 0. The van der Waals surface area contributed by atoms with Crippen LogP contribution in [0.2, 0.25) is 0 Å². The fourth-order valence-corrected chi connectivity index (χ4v) is 2.61. The van der Waals surface area contributed by atoms with Crippen LogP contribution < -0.4 is 10.2 Å². The second-order valence-electron chi connectivity index (χ2n) is 5.20. The summed E-state index contributed by atoms with van der Waals surface area (Å²) in [5.41, 5.74) is 3.44. The van der Waals surface area contributed by atoms with Crippen LogP contribution in [0.1, 0.15) is 36.3 Å². The molecule has 2 heterocycles. The zero-order valence-corrected chi connectivity index (χ0v) is 14.8. The van der Waals surface area contributed by atoms with E-state index in [-0.39, 0.29) is 17.5 Å². The lowest BCUT2D eigenvalue weighted by atomic mass is 10.0. The molecule has 0 bridgehead atoms. The first-order chi connectivity index (χ1) is 9.97. The molecule has 1 aliphatic heterocycles. The summed E-state index contributed by atoms with van der Waals surface area (Å²) in [5, 5.41) is 0. The number of methoxy groups -OCH3 is 1. The van der Waals surface area contributed by atoms with E-state index in [0.717, 1.165) is 6.42 Å². The molecule has 1 unspecified atom stereocenters. The maximum atomic E-state index is 12.2. The summed E-state index contributed by atoms with van der Waals surface area (Å²) in [5.74, 6) is 0.840. The van der Waals surface area contributed by atoms with E-state index in [2.05, 4.69) is 28.7 Å². The van der Waals surface area contributed by atoms with Gasteiger partial charge in [0.25, 0.3) is 5.95 Å². The Labute approximate surface area is 138 Å². The molecule has 0 radical (unpaired) electrons. The molecule has 114 valence electrons. The van der Waals surface area contributed by atoms with Crippen LogP contribution >= 0.6 is 22.6 Å². The van der Waals surface area contributed by atoms with Gasteiger partial charge in [-0.1, -0.05) is 28.7 Å². The van der Waals surface area contributed by atoms with Gasteiger partial charge in [-0.2, -0.15) is 0 Å². The van der Waals surface area contributed by atoms with Crippen LogP contribution in [0.5, 0.6) is 5.95 Å². The van der Waals surface area contributed by atoms with Gasteiger partial charge in [-0.05, 0) is 36.0 Å². The van der Waals surface area contributed by atoms with E-state index < -0.39 is 0 Å². The fourth-order valence-electron chi connectivity index (χ4n) is 2.43. The third kappa shape index (κ3) is 3.40. The van der Waals surface area contributed by atoms with Gasteiger partial charge in [0.15, 0.2) is 5.43 Å². The number of hydrogen-bond acceptors (Lipinski definition) is 4. The quantitative estimate of drug-likeness (QED) is 0.718. The minimum absolute atomic E-state index is 0.0440. The highest BCUT2D eigenvalue weighted by Gasteiger charge is 2.28. The van der Waals surface area contributed by atoms with Crippen LogP contribution in [0, 0.1) is 13.8 Å². The molecule has 0 aromatic carbocycles. The van der Waals surface area contributed by atoms with Crippen molar-refractivity contribution in [3.05, 3.63) is 48.4 Å².